The molecule has 1 saturated heterocycles. The summed E-state index contributed by atoms with van der Waals surface area (Å²) in [5.41, 5.74) is 1.72. The monoisotopic (exact) mass is 445 g/mol. The number of hydrogen-bond donors (Lipinski definition) is 1. The molecular formula is C25H27N5O3. The second-order valence-electron chi connectivity index (χ2n) is 7.95. The molecule has 3 aromatic rings. The molecule has 0 saturated carbocycles. The Morgan fingerprint density at radius 1 is 1.00 bits per heavy atom. The zero-order valence-electron chi connectivity index (χ0n) is 18.3. The number of aromatic nitrogens is 2. The third kappa shape index (κ3) is 5.46. The lowest BCUT2D eigenvalue weighted by Crippen LogP contribution is -2.48. The molecule has 1 atom stereocenters. The molecule has 2 aromatic carbocycles. The second kappa shape index (κ2) is 10.6. The molecule has 8 heteroatoms. The fourth-order valence-electron chi connectivity index (χ4n) is 4.13. The highest BCUT2D eigenvalue weighted by Crippen LogP contribution is 2.31. The first-order valence-electron chi connectivity index (χ1n) is 11.1. The summed E-state index contributed by atoms with van der Waals surface area (Å²) >= 11 is 0. The van der Waals surface area contributed by atoms with Crippen LogP contribution >= 0.6 is 0 Å². The van der Waals surface area contributed by atoms with Gasteiger partial charge in [-0.25, -0.2) is 9.78 Å². The van der Waals surface area contributed by atoms with Crippen molar-refractivity contribution in [1.82, 2.24) is 19.8 Å². The third-order valence-corrected chi connectivity index (χ3v) is 5.80. The number of amides is 3. The van der Waals surface area contributed by atoms with Gasteiger partial charge < -0.3 is 15.1 Å². The van der Waals surface area contributed by atoms with Gasteiger partial charge in [-0.05, 0) is 37.0 Å². The first kappa shape index (κ1) is 22.3. The highest BCUT2D eigenvalue weighted by molar-refractivity contribution is 6.01. The largest absolute Gasteiger partial charge is 0.334 e. The Kier molecular flexibility index (Phi) is 7.14. The van der Waals surface area contributed by atoms with Gasteiger partial charge in [0.1, 0.15) is 12.9 Å². The highest BCUT2D eigenvalue weighted by Gasteiger charge is 2.30. The molecule has 0 spiro atoms. The molecule has 1 aromatic heterocycles. The Bertz CT molecular complexity index is 1070. The van der Waals surface area contributed by atoms with Crippen molar-refractivity contribution in [3.63, 3.8) is 0 Å². The van der Waals surface area contributed by atoms with Crippen molar-refractivity contribution in [3.05, 3.63) is 84.9 Å². The van der Waals surface area contributed by atoms with Gasteiger partial charge in [0.15, 0.2) is 0 Å². The molecule has 1 aliphatic rings. The summed E-state index contributed by atoms with van der Waals surface area (Å²) in [4.78, 5) is 45.9. The van der Waals surface area contributed by atoms with E-state index in [4.69, 9.17) is 0 Å². The topological polar surface area (TPSA) is 87.5 Å². The van der Waals surface area contributed by atoms with Gasteiger partial charge in [-0.2, -0.15) is 0 Å². The molecule has 2 heterocycles. The van der Waals surface area contributed by atoms with E-state index in [0.717, 1.165) is 24.8 Å². The van der Waals surface area contributed by atoms with E-state index in [2.05, 4.69) is 10.3 Å². The number of rotatable bonds is 6. The number of hydrogen-bond acceptors (Lipinski definition) is 4. The van der Waals surface area contributed by atoms with Crippen molar-refractivity contribution < 1.29 is 14.4 Å². The van der Waals surface area contributed by atoms with Crippen LogP contribution in [-0.4, -0.2) is 51.9 Å². The summed E-state index contributed by atoms with van der Waals surface area (Å²) in [5, 5.41) is 2.59. The van der Waals surface area contributed by atoms with E-state index < -0.39 is 6.03 Å². The van der Waals surface area contributed by atoms with Crippen molar-refractivity contribution in [2.24, 2.45) is 0 Å². The smallest absolute Gasteiger partial charge is 0.327 e. The standard InChI is InChI=1S/C25H27N5O3/c31-23(17-27-25(33)28-16-14-26-19-28)30(21-11-5-2-6-12-21)18-24(32)29-15-8-7-13-22(29)20-9-3-1-4-10-20/h1-6,9-12,14,16,19,22H,7-8,13,15,17-18H2,(H,27,33). The number of anilines is 1. The van der Waals surface area contributed by atoms with Gasteiger partial charge in [0, 0.05) is 24.6 Å². The first-order chi connectivity index (χ1) is 16.1. The van der Waals surface area contributed by atoms with Crippen molar-refractivity contribution in [2.45, 2.75) is 25.3 Å². The molecule has 1 aliphatic heterocycles. The van der Waals surface area contributed by atoms with Crippen LogP contribution in [0.15, 0.2) is 79.4 Å². The number of nitrogens with one attached hydrogen (secondary N) is 1. The Labute approximate surface area is 192 Å². The molecule has 4 rings (SSSR count). The molecule has 0 aliphatic carbocycles. The molecule has 170 valence electrons. The van der Waals surface area contributed by atoms with Crippen LogP contribution in [0.2, 0.25) is 0 Å². The molecule has 1 N–H and O–H groups in total. The maximum absolute atomic E-state index is 13.4. The summed E-state index contributed by atoms with van der Waals surface area (Å²) in [6.45, 7) is 0.334. The van der Waals surface area contributed by atoms with Crippen LogP contribution in [0.1, 0.15) is 30.9 Å². The van der Waals surface area contributed by atoms with Crippen LogP contribution in [0.5, 0.6) is 0 Å². The van der Waals surface area contributed by atoms with Gasteiger partial charge >= 0.3 is 6.03 Å². The van der Waals surface area contributed by atoms with Gasteiger partial charge in [0.25, 0.3) is 0 Å². The number of imidazole rings is 1. The van der Waals surface area contributed by atoms with Crippen LogP contribution in [-0.2, 0) is 9.59 Å². The quantitative estimate of drug-likeness (QED) is 0.631. The summed E-state index contributed by atoms with van der Waals surface area (Å²) in [7, 11) is 0. The molecule has 0 bridgehead atoms. The van der Waals surface area contributed by atoms with Crippen LogP contribution < -0.4 is 10.2 Å². The number of para-hydroxylation sites is 1. The van der Waals surface area contributed by atoms with E-state index in [1.165, 1.54) is 28.2 Å². The van der Waals surface area contributed by atoms with E-state index in [1.807, 2.05) is 53.4 Å². The fourth-order valence-corrected chi connectivity index (χ4v) is 4.13. The minimum atomic E-state index is -0.458. The average molecular weight is 446 g/mol. The predicted octanol–water partition coefficient (Wildman–Crippen LogP) is 3.23. The summed E-state index contributed by atoms with van der Waals surface area (Å²) in [6, 6.07) is 18.6. The van der Waals surface area contributed by atoms with Gasteiger partial charge in [-0.1, -0.05) is 48.5 Å². The molecule has 0 radical (unpaired) electrons. The molecule has 8 nitrogen and oxygen atoms in total. The van der Waals surface area contributed by atoms with Gasteiger partial charge in [0.2, 0.25) is 11.8 Å². The maximum Gasteiger partial charge on any atom is 0.327 e. The zero-order chi connectivity index (χ0) is 23.0. The van der Waals surface area contributed by atoms with Gasteiger partial charge in [-0.15, -0.1) is 0 Å². The summed E-state index contributed by atoms with van der Waals surface area (Å²) in [5.74, 6) is -0.474. The normalized spacial score (nSPS) is 15.6. The van der Waals surface area contributed by atoms with Crippen molar-refractivity contribution in [1.29, 1.82) is 0 Å². The Morgan fingerprint density at radius 3 is 2.42 bits per heavy atom. The molecule has 1 fully saturated rings. The van der Waals surface area contributed by atoms with Crippen LogP contribution in [0.4, 0.5) is 10.5 Å². The van der Waals surface area contributed by atoms with Gasteiger partial charge in [0.05, 0.1) is 12.6 Å². The van der Waals surface area contributed by atoms with Crippen molar-refractivity contribution in [2.75, 3.05) is 24.5 Å². The minimum Gasteiger partial charge on any atom is -0.334 e. The van der Waals surface area contributed by atoms with Crippen molar-refractivity contribution >= 4 is 23.5 Å². The number of likely N-dealkylation sites (tertiary alicyclic amines) is 1. The number of benzene rings is 2. The molecule has 33 heavy (non-hydrogen) atoms. The lowest BCUT2D eigenvalue weighted by Gasteiger charge is -2.37. The minimum absolute atomic E-state index is 0.00104. The SMILES string of the molecule is O=C(CNC(=O)n1ccnc1)N(CC(=O)N1CCCCC1c1ccccc1)c1ccccc1. The summed E-state index contributed by atoms with van der Waals surface area (Å²) in [6.07, 6.45) is 7.24. The van der Waals surface area contributed by atoms with Crippen LogP contribution in [0.3, 0.4) is 0 Å². The van der Waals surface area contributed by atoms with E-state index in [1.54, 1.807) is 12.1 Å². The van der Waals surface area contributed by atoms with Gasteiger partial charge in [-0.3, -0.25) is 14.2 Å². The third-order valence-electron chi connectivity index (χ3n) is 5.80. The predicted molar refractivity (Wildman–Crippen MR) is 125 cm³/mol. The highest BCUT2D eigenvalue weighted by atomic mass is 16.2. The van der Waals surface area contributed by atoms with Crippen LogP contribution in [0.25, 0.3) is 0 Å². The Morgan fingerprint density at radius 2 is 1.73 bits per heavy atom. The molecule has 3 amide bonds. The Balaban J connectivity index is 1.49. The van der Waals surface area contributed by atoms with E-state index in [0.29, 0.717) is 12.2 Å². The number of carbonyl (C=O) groups excluding carboxylic acids is 3. The number of carbonyl (C=O) groups is 3. The summed E-state index contributed by atoms with van der Waals surface area (Å²) < 4.78 is 1.25. The average Bonchev–Trinajstić information content (AvgIpc) is 3.42. The zero-order valence-corrected chi connectivity index (χ0v) is 18.3. The molecular weight excluding hydrogens is 418 g/mol. The fraction of sp³-hybridized carbons (Fsp3) is 0.280. The lowest BCUT2D eigenvalue weighted by atomic mass is 9.95. The van der Waals surface area contributed by atoms with E-state index in [-0.39, 0.29) is 30.9 Å². The Hall–Kier alpha value is -3.94. The number of nitrogens with zero attached hydrogens (tertiary/aromatic N) is 4. The first-order valence-corrected chi connectivity index (χ1v) is 11.1. The van der Waals surface area contributed by atoms with Crippen molar-refractivity contribution in [3.8, 4) is 0 Å². The maximum atomic E-state index is 13.4. The lowest BCUT2D eigenvalue weighted by molar-refractivity contribution is -0.134. The van der Waals surface area contributed by atoms with E-state index in [9.17, 15) is 14.4 Å². The molecule has 1 unspecified atom stereocenters. The van der Waals surface area contributed by atoms with E-state index >= 15 is 0 Å². The number of piperidine rings is 1. The second-order valence-corrected chi connectivity index (χ2v) is 7.95. The van der Waals surface area contributed by atoms with Crippen LogP contribution in [0, 0.1) is 0 Å².